The molecule has 0 spiro atoms. The molecule has 3 N–H and O–H groups in total. The van der Waals surface area contributed by atoms with Gasteiger partial charge in [-0.25, -0.2) is 4.98 Å². The van der Waals surface area contributed by atoms with Crippen molar-refractivity contribution in [3.05, 3.63) is 65.5 Å². The molecule has 136 valence electrons. The van der Waals surface area contributed by atoms with Gasteiger partial charge in [-0.3, -0.25) is 4.79 Å². The standard InChI is InChI=1S/C21H26N4O/c1-16-7-5-10-18-21(16)24-19(23-18)11-12-20(26)25(14-6-13-22)15-17-8-3-2-4-9-17/h2-5,7-10H,6,11-15,22H2,1H3,(H,23,24). The van der Waals surface area contributed by atoms with Crippen LogP contribution in [0.5, 0.6) is 0 Å². The molecule has 0 fully saturated rings. The van der Waals surface area contributed by atoms with E-state index in [0.29, 0.717) is 32.5 Å². The number of benzene rings is 2. The molecule has 0 bridgehead atoms. The molecule has 1 heterocycles. The number of hydrogen-bond acceptors (Lipinski definition) is 3. The maximum Gasteiger partial charge on any atom is 0.223 e. The molecule has 0 saturated carbocycles. The molecule has 1 aromatic heterocycles. The smallest absolute Gasteiger partial charge is 0.223 e. The third kappa shape index (κ3) is 4.49. The second-order valence-corrected chi connectivity index (χ2v) is 6.60. The van der Waals surface area contributed by atoms with Crippen molar-refractivity contribution < 1.29 is 4.79 Å². The average molecular weight is 350 g/mol. The number of carbonyl (C=O) groups excluding carboxylic acids is 1. The van der Waals surface area contributed by atoms with E-state index >= 15 is 0 Å². The Bertz CT molecular complexity index is 857. The lowest BCUT2D eigenvalue weighted by Gasteiger charge is -2.22. The molecule has 0 unspecified atom stereocenters. The molecule has 0 aliphatic carbocycles. The third-order valence-corrected chi connectivity index (χ3v) is 4.54. The molecular weight excluding hydrogens is 324 g/mol. The molecule has 0 radical (unpaired) electrons. The Balaban J connectivity index is 1.65. The number of nitrogens with zero attached hydrogens (tertiary/aromatic N) is 2. The minimum absolute atomic E-state index is 0.138. The minimum atomic E-state index is 0.138. The van der Waals surface area contributed by atoms with Crippen LogP contribution in [0.2, 0.25) is 0 Å². The fourth-order valence-electron chi connectivity index (χ4n) is 3.11. The number of amides is 1. The van der Waals surface area contributed by atoms with Gasteiger partial charge in [0.25, 0.3) is 0 Å². The number of aromatic amines is 1. The Hall–Kier alpha value is -2.66. The molecule has 1 amide bonds. The highest BCUT2D eigenvalue weighted by atomic mass is 16.2. The van der Waals surface area contributed by atoms with Crippen LogP contribution in [0.3, 0.4) is 0 Å². The van der Waals surface area contributed by atoms with Crippen molar-refractivity contribution in [2.24, 2.45) is 5.73 Å². The zero-order chi connectivity index (χ0) is 18.4. The average Bonchev–Trinajstić information content (AvgIpc) is 3.08. The molecule has 5 nitrogen and oxygen atoms in total. The number of fused-ring (bicyclic) bond motifs is 1. The molecule has 0 aliphatic heterocycles. The minimum Gasteiger partial charge on any atom is -0.342 e. The topological polar surface area (TPSA) is 75.0 Å². The second kappa shape index (κ2) is 8.63. The number of nitrogens with one attached hydrogen (secondary N) is 1. The van der Waals surface area contributed by atoms with E-state index in [1.54, 1.807) is 0 Å². The Morgan fingerprint density at radius 2 is 1.96 bits per heavy atom. The molecule has 0 aliphatic rings. The van der Waals surface area contributed by atoms with Gasteiger partial charge in [0, 0.05) is 25.9 Å². The number of carbonyl (C=O) groups is 1. The Kier molecular flexibility index (Phi) is 6.02. The lowest BCUT2D eigenvalue weighted by Crippen LogP contribution is -2.32. The number of para-hydroxylation sites is 1. The van der Waals surface area contributed by atoms with Crippen molar-refractivity contribution in [3.63, 3.8) is 0 Å². The summed E-state index contributed by atoms with van der Waals surface area (Å²) in [5, 5.41) is 0. The first kappa shape index (κ1) is 18.1. The molecule has 0 saturated heterocycles. The van der Waals surface area contributed by atoms with Gasteiger partial charge >= 0.3 is 0 Å². The fraction of sp³-hybridized carbons (Fsp3) is 0.333. The quantitative estimate of drug-likeness (QED) is 0.655. The van der Waals surface area contributed by atoms with Crippen molar-refractivity contribution in [2.75, 3.05) is 13.1 Å². The first-order valence-corrected chi connectivity index (χ1v) is 9.13. The summed E-state index contributed by atoms with van der Waals surface area (Å²) in [7, 11) is 0. The maximum atomic E-state index is 12.8. The van der Waals surface area contributed by atoms with E-state index in [1.165, 1.54) is 0 Å². The van der Waals surface area contributed by atoms with Crippen molar-refractivity contribution in [3.8, 4) is 0 Å². The third-order valence-electron chi connectivity index (χ3n) is 4.54. The van der Waals surface area contributed by atoms with Crippen LogP contribution in [-0.4, -0.2) is 33.9 Å². The fourth-order valence-corrected chi connectivity index (χ4v) is 3.11. The second-order valence-electron chi connectivity index (χ2n) is 6.60. The van der Waals surface area contributed by atoms with Crippen LogP contribution < -0.4 is 5.73 Å². The summed E-state index contributed by atoms with van der Waals surface area (Å²) in [6.07, 6.45) is 1.86. The summed E-state index contributed by atoms with van der Waals surface area (Å²) in [4.78, 5) is 22.6. The SMILES string of the molecule is Cc1cccc2[nH]c(CCC(=O)N(CCCN)Cc3ccccc3)nc12. The predicted octanol–water partition coefficient (Wildman–Crippen LogP) is 3.18. The largest absolute Gasteiger partial charge is 0.342 e. The normalized spacial score (nSPS) is 11.0. The molecule has 5 heteroatoms. The molecule has 3 aromatic rings. The lowest BCUT2D eigenvalue weighted by molar-refractivity contribution is -0.131. The van der Waals surface area contributed by atoms with Gasteiger partial charge in [0.15, 0.2) is 0 Å². The number of H-pyrrole nitrogens is 1. The molecular formula is C21H26N4O. The van der Waals surface area contributed by atoms with Gasteiger partial charge < -0.3 is 15.6 Å². The Morgan fingerprint density at radius 1 is 1.15 bits per heavy atom. The lowest BCUT2D eigenvalue weighted by atomic mass is 10.2. The van der Waals surface area contributed by atoms with Crippen LogP contribution in [-0.2, 0) is 17.8 Å². The van der Waals surface area contributed by atoms with E-state index in [-0.39, 0.29) is 5.91 Å². The zero-order valence-electron chi connectivity index (χ0n) is 15.2. The summed E-state index contributed by atoms with van der Waals surface area (Å²) in [6.45, 7) is 3.94. The van der Waals surface area contributed by atoms with Crippen molar-refractivity contribution in [1.82, 2.24) is 14.9 Å². The van der Waals surface area contributed by atoms with E-state index in [9.17, 15) is 4.79 Å². The maximum absolute atomic E-state index is 12.8. The van der Waals surface area contributed by atoms with Gasteiger partial charge in [-0.1, -0.05) is 42.5 Å². The first-order valence-electron chi connectivity index (χ1n) is 9.13. The molecule has 26 heavy (non-hydrogen) atoms. The number of rotatable bonds is 8. The van der Waals surface area contributed by atoms with E-state index < -0.39 is 0 Å². The van der Waals surface area contributed by atoms with E-state index in [2.05, 4.69) is 9.97 Å². The van der Waals surface area contributed by atoms with Crippen LogP contribution in [0.1, 0.15) is 29.8 Å². The van der Waals surface area contributed by atoms with Gasteiger partial charge in [-0.2, -0.15) is 0 Å². The number of aromatic nitrogens is 2. The molecule has 2 aromatic carbocycles. The highest BCUT2D eigenvalue weighted by Gasteiger charge is 2.15. The van der Waals surface area contributed by atoms with E-state index in [1.807, 2.05) is 60.4 Å². The van der Waals surface area contributed by atoms with Crippen LogP contribution in [0.4, 0.5) is 0 Å². The monoisotopic (exact) mass is 350 g/mol. The van der Waals surface area contributed by atoms with E-state index in [0.717, 1.165) is 34.4 Å². The van der Waals surface area contributed by atoms with Gasteiger partial charge in [0.05, 0.1) is 11.0 Å². The van der Waals surface area contributed by atoms with Crippen LogP contribution >= 0.6 is 0 Å². The summed E-state index contributed by atoms with van der Waals surface area (Å²) in [5.74, 6) is 1.00. The summed E-state index contributed by atoms with van der Waals surface area (Å²) in [5.41, 5.74) is 9.93. The number of imidazole rings is 1. The molecule has 3 rings (SSSR count). The van der Waals surface area contributed by atoms with Crippen LogP contribution in [0.15, 0.2) is 48.5 Å². The van der Waals surface area contributed by atoms with Crippen molar-refractivity contribution >= 4 is 16.9 Å². The van der Waals surface area contributed by atoms with Crippen molar-refractivity contribution in [1.29, 1.82) is 0 Å². The van der Waals surface area contributed by atoms with E-state index in [4.69, 9.17) is 5.73 Å². The van der Waals surface area contributed by atoms with Crippen molar-refractivity contribution in [2.45, 2.75) is 32.7 Å². The van der Waals surface area contributed by atoms with Gasteiger partial charge in [-0.15, -0.1) is 0 Å². The predicted molar refractivity (Wildman–Crippen MR) is 105 cm³/mol. The molecule has 0 atom stereocenters. The van der Waals surface area contributed by atoms with Gasteiger partial charge in [0.2, 0.25) is 5.91 Å². The number of hydrogen-bond donors (Lipinski definition) is 2. The highest BCUT2D eigenvalue weighted by Crippen LogP contribution is 2.16. The summed E-state index contributed by atoms with van der Waals surface area (Å²) >= 11 is 0. The van der Waals surface area contributed by atoms with Gasteiger partial charge in [0.1, 0.15) is 5.82 Å². The Morgan fingerprint density at radius 3 is 2.69 bits per heavy atom. The summed E-state index contributed by atoms with van der Waals surface area (Å²) < 4.78 is 0. The number of nitrogens with two attached hydrogens (primary N) is 1. The Labute approximate surface area is 154 Å². The first-order chi connectivity index (χ1) is 12.7. The van der Waals surface area contributed by atoms with Crippen LogP contribution in [0.25, 0.3) is 11.0 Å². The number of aryl methyl sites for hydroxylation is 2. The highest BCUT2D eigenvalue weighted by molar-refractivity contribution is 5.79. The van der Waals surface area contributed by atoms with Crippen LogP contribution in [0, 0.1) is 6.92 Å². The zero-order valence-corrected chi connectivity index (χ0v) is 15.2. The van der Waals surface area contributed by atoms with Gasteiger partial charge in [-0.05, 0) is 37.1 Å². The summed E-state index contributed by atoms with van der Waals surface area (Å²) in [6, 6.07) is 16.2.